The summed E-state index contributed by atoms with van der Waals surface area (Å²) in [6.07, 6.45) is 8.33. The summed E-state index contributed by atoms with van der Waals surface area (Å²) in [6.45, 7) is 2.27. The SMILES string of the molecule is COc1ccc2cc(/C=C/C(=O)O[C@H](C)C(=O)NCC3CCCCC3)ccc2c1. The molecule has 5 heteroatoms. The highest BCUT2D eigenvalue weighted by molar-refractivity contribution is 5.92. The molecule has 0 unspecified atom stereocenters. The van der Waals surface area contributed by atoms with Crippen molar-refractivity contribution in [2.75, 3.05) is 13.7 Å². The van der Waals surface area contributed by atoms with Gasteiger partial charge in [0.25, 0.3) is 5.91 Å². The molecular formula is C24H29NO4. The van der Waals surface area contributed by atoms with Gasteiger partial charge in [-0.25, -0.2) is 4.79 Å². The molecule has 0 spiro atoms. The molecule has 0 aromatic heterocycles. The van der Waals surface area contributed by atoms with Gasteiger partial charge in [-0.2, -0.15) is 0 Å². The van der Waals surface area contributed by atoms with Crippen LogP contribution in [0.1, 0.15) is 44.6 Å². The maximum atomic E-state index is 12.2. The second-order valence-corrected chi connectivity index (χ2v) is 7.63. The van der Waals surface area contributed by atoms with Crippen molar-refractivity contribution < 1.29 is 19.1 Å². The minimum atomic E-state index is -0.806. The summed E-state index contributed by atoms with van der Waals surface area (Å²) in [5, 5.41) is 5.03. The lowest BCUT2D eigenvalue weighted by molar-refractivity contribution is -0.150. The maximum absolute atomic E-state index is 12.2. The number of methoxy groups -OCH3 is 1. The first kappa shape index (κ1) is 20.9. The first-order valence-electron chi connectivity index (χ1n) is 10.3. The van der Waals surface area contributed by atoms with Gasteiger partial charge in [0.05, 0.1) is 7.11 Å². The van der Waals surface area contributed by atoms with Gasteiger partial charge < -0.3 is 14.8 Å². The van der Waals surface area contributed by atoms with E-state index in [1.807, 2.05) is 36.4 Å². The zero-order valence-electron chi connectivity index (χ0n) is 17.1. The number of ether oxygens (including phenoxy) is 2. The van der Waals surface area contributed by atoms with Crippen LogP contribution in [0.5, 0.6) is 5.75 Å². The number of rotatable bonds is 7. The summed E-state index contributed by atoms with van der Waals surface area (Å²) in [4.78, 5) is 24.3. The topological polar surface area (TPSA) is 64.6 Å². The van der Waals surface area contributed by atoms with Crippen LogP contribution in [0, 0.1) is 5.92 Å². The molecule has 1 aliphatic rings. The fraction of sp³-hybridized carbons (Fsp3) is 0.417. The lowest BCUT2D eigenvalue weighted by Gasteiger charge is -2.22. The fourth-order valence-corrected chi connectivity index (χ4v) is 3.68. The van der Waals surface area contributed by atoms with E-state index in [0.717, 1.165) is 34.9 Å². The Morgan fingerprint density at radius 3 is 2.59 bits per heavy atom. The summed E-state index contributed by atoms with van der Waals surface area (Å²) >= 11 is 0. The van der Waals surface area contributed by atoms with E-state index in [1.165, 1.54) is 25.3 Å². The molecule has 5 nitrogen and oxygen atoms in total. The van der Waals surface area contributed by atoms with Gasteiger partial charge in [0.2, 0.25) is 0 Å². The van der Waals surface area contributed by atoms with E-state index in [1.54, 1.807) is 20.1 Å². The number of fused-ring (bicyclic) bond motifs is 1. The average Bonchev–Trinajstić information content (AvgIpc) is 2.76. The Kier molecular flexibility index (Phi) is 7.28. The standard InChI is InChI=1S/C24H29NO4/c1-17(24(27)25-16-19-6-4-3-5-7-19)29-23(26)13-9-18-8-10-21-15-22(28-2)12-11-20(21)14-18/h8-15,17,19H,3-7,16H2,1-2H3,(H,25,27)/b13-9+/t17-/m1/s1. The monoisotopic (exact) mass is 395 g/mol. The van der Waals surface area contributed by atoms with Crippen LogP contribution in [0.15, 0.2) is 42.5 Å². The van der Waals surface area contributed by atoms with Crippen LogP contribution in [0.2, 0.25) is 0 Å². The number of benzene rings is 2. The predicted octanol–water partition coefficient (Wildman–Crippen LogP) is 4.49. The Balaban J connectivity index is 1.50. The summed E-state index contributed by atoms with van der Waals surface area (Å²) in [5.74, 6) is 0.584. The largest absolute Gasteiger partial charge is 0.497 e. The van der Waals surface area contributed by atoms with Gasteiger partial charge >= 0.3 is 5.97 Å². The smallest absolute Gasteiger partial charge is 0.331 e. The molecule has 0 radical (unpaired) electrons. The number of esters is 1. The van der Waals surface area contributed by atoms with Crippen molar-refractivity contribution in [1.29, 1.82) is 0 Å². The fourth-order valence-electron chi connectivity index (χ4n) is 3.68. The Bertz CT molecular complexity index is 884. The van der Waals surface area contributed by atoms with Crippen LogP contribution in [0.4, 0.5) is 0 Å². The predicted molar refractivity (Wildman–Crippen MR) is 115 cm³/mol. The quantitative estimate of drug-likeness (QED) is 0.554. The highest BCUT2D eigenvalue weighted by Gasteiger charge is 2.19. The Labute approximate surface area is 172 Å². The molecule has 3 rings (SSSR count). The number of nitrogens with one attached hydrogen (secondary N) is 1. The molecule has 0 heterocycles. The lowest BCUT2D eigenvalue weighted by Crippen LogP contribution is -2.38. The first-order chi connectivity index (χ1) is 14.0. The molecule has 1 fully saturated rings. The molecule has 0 aliphatic heterocycles. The molecule has 0 saturated heterocycles. The molecule has 1 saturated carbocycles. The molecule has 2 aromatic carbocycles. The van der Waals surface area contributed by atoms with Crippen molar-refractivity contribution in [2.24, 2.45) is 5.92 Å². The van der Waals surface area contributed by atoms with Crippen molar-refractivity contribution in [3.8, 4) is 5.75 Å². The number of hydrogen-bond donors (Lipinski definition) is 1. The highest BCUT2D eigenvalue weighted by atomic mass is 16.5. The Hall–Kier alpha value is -2.82. The molecule has 1 amide bonds. The minimum absolute atomic E-state index is 0.239. The third-order valence-corrected chi connectivity index (χ3v) is 5.44. The number of hydrogen-bond acceptors (Lipinski definition) is 4. The summed E-state index contributed by atoms with van der Waals surface area (Å²) in [7, 11) is 1.64. The molecule has 0 bridgehead atoms. The van der Waals surface area contributed by atoms with E-state index in [-0.39, 0.29) is 5.91 Å². The van der Waals surface area contributed by atoms with E-state index in [0.29, 0.717) is 12.5 Å². The van der Waals surface area contributed by atoms with Gasteiger partial charge in [0, 0.05) is 12.6 Å². The van der Waals surface area contributed by atoms with E-state index >= 15 is 0 Å². The molecule has 2 aromatic rings. The van der Waals surface area contributed by atoms with Gasteiger partial charge in [-0.15, -0.1) is 0 Å². The van der Waals surface area contributed by atoms with Gasteiger partial charge in [0.1, 0.15) is 5.75 Å². The van der Waals surface area contributed by atoms with Crippen molar-refractivity contribution in [1.82, 2.24) is 5.32 Å². The molecule has 29 heavy (non-hydrogen) atoms. The lowest BCUT2D eigenvalue weighted by atomic mass is 9.89. The highest BCUT2D eigenvalue weighted by Crippen LogP contribution is 2.23. The van der Waals surface area contributed by atoms with Crippen LogP contribution in [-0.2, 0) is 14.3 Å². The average molecular weight is 395 g/mol. The van der Waals surface area contributed by atoms with Crippen LogP contribution >= 0.6 is 0 Å². The maximum Gasteiger partial charge on any atom is 0.331 e. The van der Waals surface area contributed by atoms with Crippen molar-refractivity contribution in [2.45, 2.75) is 45.1 Å². The Morgan fingerprint density at radius 2 is 1.83 bits per heavy atom. The zero-order chi connectivity index (χ0) is 20.6. The van der Waals surface area contributed by atoms with Crippen molar-refractivity contribution in [3.63, 3.8) is 0 Å². The van der Waals surface area contributed by atoms with Crippen molar-refractivity contribution in [3.05, 3.63) is 48.0 Å². The zero-order valence-corrected chi connectivity index (χ0v) is 17.1. The van der Waals surface area contributed by atoms with Crippen LogP contribution < -0.4 is 10.1 Å². The first-order valence-corrected chi connectivity index (χ1v) is 10.3. The van der Waals surface area contributed by atoms with Gasteiger partial charge in [-0.05, 0) is 66.3 Å². The van der Waals surface area contributed by atoms with Crippen molar-refractivity contribution >= 4 is 28.7 Å². The molecule has 154 valence electrons. The number of amides is 1. The Morgan fingerprint density at radius 1 is 1.10 bits per heavy atom. The van der Waals surface area contributed by atoms with E-state index in [4.69, 9.17) is 9.47 Å². The second kappa shape index (κ2) is 10.1. The minimum Gasteiger partial charge on any atom is -0.497 e. The van der Waals surface area contributed by atoms with Gasteiger partial charge in [-0.3, -0.25) is 4.79 Å². The van der Waals surface area contributed by atoms with Gasteiger partial charge in [0.15, 0.2) is 6.10 Å². The van der Waals surface area contributed by atoms with Crippen LogP contribution in [-0.4, -0.2) is 31.6 Å². The number of carbonyl (C=O) groups excluding carboxylic acids is 2. The second-order valence-electron chi connectivity index (χ2n) is 7.63. The normalized spacial score (nSPS) is 15.9. The van der Waals surface area contributed by atoms with E-state index in [9.17, 15) is 9.59 Å². The van der Waals surface area contributed by atoms with Crippen LogP contribution in [0.3, 0.4) is 0 Å². The third kappa shape index (κ3) is 6.08. The van der Waals surface area contributed by atoms with Gasteiger partial charge in [-0.1, -0.05) is 37.5 Å². The number of carbonyl (C=O) groups is 2. The summed E-state index contributed by atoms with van der Waals surface area (Å²) in [5.41, 5.74) is 0.883. The molecule has 1 N–H and O–H groups in total. The summed E-state index contributed by atoms with van der Waals surface area (Å²) in [6, 6.07) is 11.7. The molecule has 1 atom stereocenters. The summed E-state index contributed by atoms with van der Waals surface area (Å²) < 4.78 is 10.5. The van der Waals surface area contributed by atoms with Crippen LogP contribution in [0.25, 0.3) is 16.8 Å². The molecule has 1 aliphatic carbocycles. The molecular weight excluding hydrogens is 366 g/mol. The van der Waals surface area contributed by atoms with E-state index in [2.05, 4.69) is 5.32 Å². The van der Waals surface area contributed by atoms with E-state index < -0.39 is 12.1 Å². The third-order valence-electron chi connectivity index (χ3n) is 5.44.